The van der Waals surface area contributed by atoms with E-state index in [0.29, 0.717) is 12.8 Å². The van der Waals surface area contributed by atoms with Gasteiger partial charge >= 0.3 is 5.97 Å². The quantitative estimate of drug-likeness (QED) is 0.322. The topological polar surface area (TPSA) is 123 Å². The third-order valence-electron chi connectivity index (χ3n) is 6.47. The van der Waals surface area contributed by atoms with Crippen LogP contribution < -0.4 is 21.7 Å². The van der Waals surface area contributed by atoms with E-state index in [1.54, 1.807) is 0 Å². The Labute approximate surface area is 197 Å². The Morgan fingerprint density at radius 3 is 2.42 bits per heavy atom. The maximum atomic E-state index is 13.1. The zero-order valence-corrected chi connectivity index (χ0v) is 18.8. The SMILES string of the molecule is O=C(NC(Cc1ccc(-c2ccccc2)cc1)C[C@@H](O)C(=O)O)C1CCC2NNNC2C1Cl. The van der Waals surface area contributed by atoms with Crippen molar-refractivity contribution >= 4 is 23.5 Å². The smallest absolute Gasteiger partial charge is 0.332 e. The lowest BCUT2D eigenvalue weighted by atomic mass is 9.82. The first-order valence-corrected chi connectivity index (χ1v) is 11.6. The number of hydrogen-bond donors (Lipinski definition) is 6. The van der Waals surface area contributed by atoms with E-state index < -0.39 is 29.4 Å². The van der Waals surface area contributed by atoms with Crippen molar-refractivity contribution in [2.24, 2.45) is 5.92 Å². The molecule has 2 fully saturated rings. The molecule has 2 aliphatic rings. The molecule has 0 aromatic heterocycles. The number of alkyl halides is 1. The van der Waals surface area contributed by atoms with Crippen molar-refractivity contribution in [3.8, 4) is 11.1 Å². The Morgan fingerprint density at radius 1 is 1.03 bits per heavy atom. The molecule has 1 amide bonds. The summed E-state index contributed by atoms with van der Waals surface area (Å²) in [5.74, 6) is -1.94. The van der Waals surface area contributed by atoms with Crippen LogP contribution >= 0.6 is 11.6 Å². The number of carbonyl (C=O) groups is 2. The van der Waals surface area contributed by atoms with Crippen molar-refractivity contribution in [3.63, 3.8) is 0 Å². The van der Waals surface area contributed by atoms with E-state index in [0.717, 1.165) is 23.1 Å². The summed E-state index contributed by atoms with van der Waals surface area (Å²) in [4.78, 5) is 24.3. The van der Waals surface area contributed by atoms with Crippen molar-refractivity contribution in [2.75, 3.05) is 0 Å². The number of hydrazine groups is 2. The molecule has 2 aromatic carbocycles. The molecule has 1 saturated heterocycles. The lowest BCUT2D eigenvalue weighted by Gasteiger charge is -2.35. The molecular weight excluding hydrogens is 444 g/mol. The summed E-state index contributed by atoms with van der Waals surface area (Å²) in [6.45, 7) is 0. The van der Waals surface area contributed by atoms with E-state index in [4.69, 9.17) is 11.6 Å². The second kappa shape index (κ2) is 10.6. The monoisotopic (exact) mass is 472 g/mol. The van der Waals surface area contributed by atoms with Crippen molar-refractivity contribution < 1.29 is 19.8 Å². The predicted molar refractivity (Wildman–Crippen MR) is 125 cm³/mol. The van der Waals surface area contributed by atoms with E-state index in [-0.39, 0.29) is 24.4 Å². The van der Waals surface area contributed by atoms with Crippen LogP contribution in [-0.2, 0) is 16.0 Å². The minimum absolute atomic E-state index is 0.0789. The highest BCUT2D eigenvalue weighted by atomic mass is 35.5. The molecule has 0 bridgehead atoms. The zero-order valence-electron chi connectivity index (χ0n) is 18.1. The fourth-order valence-corrected chi connectivity index (χ4v) is 5.10. The number of fused-ring (bicyclic) bond motifs is 1. The summed E-state index contributed by atoms with van der Waals surface area (Å²) in [6.07, 6.45) is 0.158. The van der Waals surface area contributed by atoms with Crippen molar-refractivity contribution in [1.82, 2.24) is 21.7 Å². The standard InChI is InChI=1S/C24H29ClN4O4/c25-21-18(10-11-19-22(21)28-29-27-19)23(31)26-17(13-20(30)24(32)33)12-14-6-8-16(9-7-14)15-4-2-1-3-5-15/h1-9,17-22,27-30H,10-13H2,(H,26,31)(H,32,33)/t17?,18?,19?,20-,21?,22?/m1/s1. The van der Waals surface area contributed by atoms with Gasteiger partial charge in [-0.2, -0.15) is 5.53 Å². The number of amides is 1. The molecule has 1 heterocycles. The van der Waals surface area contributed by atoms with Gasteiger partial charge in [-0.25, -0.2) is 15.6 Å². The van der Waals surface area contributed by atoms with Gasteiger partial charge < -0.3 is 15.5 Å². The number of aliphatic hydroxyl groups is 1. The molecule has 2 aromatic rings. The van der Waals surface area contributed by atoms with Crippen LogP contribution in [0, 0.1) is 5.92 Å². The zero-order chi connectivity index (χ0) is 23.4. The van der Waals surface area contributed by atoms with Gasteiger partial charge in [0.25, 0.3) is 0 Å². The van der Waals surface area contributed by atoms with Crippen LogP contribution in [0.5, 0.6) is 0 Å². The fraction of sp³-hybridized carbons (Fsp3) is 0.417. The second-order valence-electron chi connectivity index (χ2n) is 8.74. The molecule has 5 unspecified atom stereocenters. The predicted octanol–water partition coefficient (Wildman–Crippen LogP) is 1.58. The minimum atomic E-state index is -1.56. The molecular formula is C24H29ClN4O4. The molecule has 0 radical (unpaired) electrons. The normalized spacial score (nSPS) is 26.2. The van der Waals surface area contributed by atoms with Gasteiger partial charge in [-0.3, -0.25) is 4.79 Å². The first kappa shape index (κ1) is 23.7. The molecule has 0 spiro atoms. The molecule has 1 saturated carbocycles. The summed E-state index contributed by atoms with van der Waals surface area (Å²) in [5.41, 5.74) is 12.1. The van der Waals surface area contributed by atoms with Crippen LogP contribution in [0.2, 0.25) is 0 Å². The minimum Gasteiger partial charge on any atom is -0.479 e. The van der Waals surface area contributed by atoms with Gasteiger partial charge in [-0.15, -0.1) is 11.6 Å². The number of benzene rings is 2. The number of rotatable bonds is 8. The van der Waals surface area contributed by atoms with E-state index in [1.807, 2.05) is 54.6 Å². The largest absolute Gasteiger partial charge is 0.479 e. The van der Waals surface area contributed by atoms with Crippen LogP contribution in [0.4, 0.5) is 0 Å². The third-order valence-corrected chi connectivity index (χ3v) is 7.04. The van der Waals surface area contributed by atoms with Gasteiger partial charge in [0.2, 0.25) is 5.91 Å². The molecule has 4 rings (SSSR count). The van der Waals surface area contributed by atoms with Crippen LogP contribution in [0.1, 0.15) is 24.8 Å². The average Bonchev–Trinajstić information content (AvgIpc) is 3.30. The Bertz CT molecular complexity index is 959. The van der Waals surface area contributed by atoms with Gasteiger partial charge in [0, 0.05) is 18.5 Å². The van der Waals surface area contributed by atoms with Gasteiger partial charge in [-0.05, 0) is 36.0 Å². The number of carboxylic acid groups (broad SMARTS) is 1. The average molecular weight is 473 g/mol. The van der Waals surface area contributed by atoms with Gasteiger partial charge in [0.05, 0.1) is 17.3 Å². The highest BCUT2D eigenvalue weighted by Gasteiger charge is 2.44. The summed E-state index contributed by atoms with van der Waals surface area (Å²) in [7, 11) is 0. The van der Waals surface area contributed by atoms with E-state index in [1.165, 1.54) is 0 Å². The summed E-state index contributed by atoms with van der Waals surface area (Å²) in [5, 5.41) is 21.7. The summed E-state index contributed by atoms with van der Waals surface area (Å²) >= 11 is 6.61. The lowest BCUT2D eigenvalue weighted by molar-refractivity contribution is -0.147. The van der Waals surface area contributed by atoms with E-state index >= 15 is 0 Å². The second-order valence-corrected chi connectivity index (χ2v) is 9.24. The van der Waals surface area contributed by atoms with Gasteiger partial charge in [0.1, 0.15) is 0 Å². The number of aliphatic carboxylic acids is 1. The number of aliphatic hydroxyl groups excluding tert-OH is 1. The highest BCUT2D eigenvalue weighted by Crippen LogP contribution is 2.31. The molecule has 33 heavy (non-hydrogen) atoms. The first-order valence-electron chi connectivity index (χ1n) is 11.2. The molecule has 6 N–H and O–H groups in total. The molecule has 8 nitrogen and oxygen atoms in total. The Hall–Kier alpha value is -2.49. The fourth-order valence-electron chi connectivity index (χ4n) is 4.63. The van der Waals surface area contributed by atoms with Crippen molar-refractivity contribution in [3.05, 3.63) is 60.2 Å². The molecule has 9 heteroatoms. The molecule has 6 atom stereocenters. The van der Waals surface area contributed by atoms with Crippen LogP contribution in [0.3, 0.4) is 0 Å². The molecule has 1 aliphatic heterocycles. The lowest BCUT2D eigenvalue weighted by Crippen LogP contribution is -2.54. The Balaban J connectivity index is 1.44. The number of nitrogens with one attached hydrogen (secondary N) is 4. The van der Waals surface area contributed by atoms with Crippen molar-refractivity contribution in [1.29, 1.82) is 0 Å². The van der Waals surface area contributed by atoms with Crippen LogP contribution in [0.25, 0.3) is 11.1 Å². The maximum Gasteiger partial charge on any atom is 0.332 e. The molecule has 1 aliphatic carbocycles. The van der Waals surface area contributed by atoms with Gasteiger partial charge in [-0.1, -0.05) is 54.6 Å². The van der Waals surface area contributed by atoms with Crippen LogP contribution in [0.15, 0.2) is 54.6 Å². The van der Waals surface area contributed by atoms with E-state index in [2.05, 4.69) is 21.7 Å². The highest BCUT2D eigenvalue weighted by molar-refractivity contribution is 6.22. The number of carbonyl (C=O) groups excluding carboxylic acids is 1. The summed E-state index contributed by atoms with van der Waals surface area (Å²) in [6, 6.07) is 17.4. The number of halogens is 1. The maximum absolute atomic E-state index is 13.1. The summed E-state index contributed by atoms with van der Waals surface area (Å²) < 4.78 is 0. The number of carboxylic acids is 1. The first-order chi connectivity index (χ1) is 15.9. The third kappa shape index (κ3) is 5.72. The van der Waals surface area contributed by atoms with E-state index in [9.17, 15) is 19.8 Å². The molecule has 176 valence electrons. The number of hydrogen-bond acceptors (Lipinski definition) is 6. The Morgan fingerprint density at radius 2 is 1.73 bits per heavy atom. The Kier molecular flexibility index (Phi) is 7.62. The van der Waals surface area contributed by atoms with Gasteiger partial charge in [0.15, 0.2) is 6.10 Å². The van der Waals surface area contributed by atoms with Crippen LogP contribution in [-0.4, -0.2) is 51.7 Å². The van der Waals surface area contributed by atoms with Crippen molar-refractivity contribution in [2.45, 2.75) is 55.3 Å².